The Labute approximate surface area is 168 Å². The van der Waals surface area contributed by atoms with E-state index in [1.54, 1.807) is 6.20 Å². The Hall–Kier alpha value is -3.41. The summed E-state index contributed by atoms with van der Waals surface area (Å²) in [5.74, 6) is -0.0615. The SMILES string of the molecule is Cc1ccc(-c2cnc(CCC(=O)N3Cc4ccccc4C[C@@H]3C(=O)O)o2)cc1. The Bertz CT molecular complexity index is 1040. The Morgan fingerprint density at radius 1 is 1.14 bits per heavy atom. The summed E-state index contributed by atoms with van der Waals surface area (Å²) in [6.45, 7) is 2.33. The highest BCUT2D eigenvalue weighted by atomic mass is 16.4. The van der Waals surface area contributed by atoms with Crippen molar-refractivity contribution in [3.05, 3.63) is 77.3 Å². The van der Waals surface area contributed by atoms with E-state index in [2.05, 4.69) is 4.98 Å². The van der Waals surface area contributed by atoms with Crippen molar-refractivity contribution in [1.29, 1.82) is 0 Å². The molecule has 1 aliphatic heterocycles. The Kier molecular flexibility index (Phi) is 5.16. The van der Waals surface area contributed by atoms with Crippen LogP contribution < -0.4 is 0 Å². The second kappa shape index (κ2) is 7.91. The van der Waals surface area contributed by atoms with Gasteiger partial charge in [0.1, 0.15) is 6.04 Å². The lowest BCUT2D eigenvalue weighted by Crippen LogP contribution is -2.48. The van der Waals surface area contributed by atoms with Crippen LogP contribution in [0.2, 0.25) is 0 Å². The fourth-order valence-electron chi connectivity index (χ4n) is 3.64. The summed E-state index contributed by atoms with van der Waals surface area (Å²) in [6, 6.07) is 14.8. The van der Waals surface area contributed by atoms with E-state index in [9.17, 15) is 14.7 Å². The molecule has 0 fully saturated rings. The molecule has 0 radical (unpaired) electrons. The highest BCUT2D eigenvalue weighted by Crippen LogP contribution is 2.25. The van der Waals surface area contributed by atoms with Crippen molar-refractivity contribution in [1.82, 2.24) is 9.88 Å². The average molecular weight is 390 g/mol. The maximum absolute atomic E-state index is 12.8. The number of aliphatic carboxylic acids is 1. The molecule has 2 heterocycles. The number of carbonyl (C=O) groups is 2. The molecule has 0 bridgehead atoms. The summed E-state index contributed by atoms with van der Waals surface area (Å²) >= 11 is 0. The van der Waals surface area contributed by atoms with Gasteiger partial charge in [0.15, 0.2) is 11.7 Å². The molecule has 3 aromatic rings. The summed E-state index contributed by atoms with van der Waals surface area (Å²) in [5, 5.41) is 9.59. The number of aromatic nitrogens is 1. The largest absolute Gasteiger partial charge is 0.480 e. The third-order valence-corrected chi connectivity index (χ3v) is 5.30. The third kappa shape index (κ3) is 4.06. The van der Waals surface area contributed by atoms with Crippen molar-refractivity contribution in [2.45, 2.75) is 38.8 Å². The van der Waals surface area contributed by atoms with Crippen molar-refractivity contribution in [3.8, 4) is 11.3 Å². The molecular weight excluding hydrogens is 368 g/mol. The topological polar surface area (TPSA) is 83.6 Å². The highest BCUT2D eigenvalue weighted by molar-refractivity contribution is 5.84. The smallest absolute Gasteiger partial charge is 0.326 e. The third-order valence-electron chi connectivity index (χ3n) is 5.30. The van der Waals surface area contributed by atoms with Gasteiger partial charge in [-0.1, -0.05) is 54.1 Å². The minimum Gasteiger partial charge on any atom is -0.480 e. The number of hydrogen-bond donors (Lipinski definition) is 1. The van der Waals surface area contributed by atoms with Crippen molar-refractivity contribution < 1.29 is 19.1 Å². The molecule has 1 aliphatic rings. The number of benzene rings is 2. The van der Waals surface area contributed by atoms with Crippen molar-refractivity contribution in [3.63, 3.8) is 0 Å². The standard InChI is InChI=1S/C23H22N2O4/c1-15-6-8-16(9-7-15)20-13-24-21(29-20)10-11-22(26)25-14-18-5-3-2-4-17(18)12-19(25)23(27)28/h2-9,13,19H,10-12,14H2,1H3,(H,27,28)/t19-/m1/s1. The van der Waals surface area contributed by atoms with E-state index >= 15 is 0 Å². The molecule has 1 N–H and O–H groups in total. The number of carboxylic acids is 1. The first-order valence-corrected chi connectivity index (χ1v) is 9.62. The number of nitrogens with zero attached hydrogens (tertiary/aromatic N) is 2. The molecule has 6 nitrogen and oxygen atoms in total. The predicted molar refractivity (Wildman–Crippen MR) is 107 cm³/mol. The summed E-state index contributed by atoms with van der Waals surface area (Å²) in [5.41, 5.74) is 4.07. The normalized spacial score (nSPS) is 15.8. The number of carboxylic acid groups (broad SMARTS) is 1. The highest BCUT2D eigenvalue weighted by Gasteiger charge is 2.34. The second-order valence-electron chi connectivity index (χ2n) is 7.33. The van der Waals surface area contributed by atoms with Crippen LogP contribution in [-0.4, -0.2) is 32.9 Å². The Morgan fingerprint density at radius 3 is 2.59 bits per heavy atom. The zero-order valence-electron chi connectivity index (χ0n) is 16.2. The number of hydrogen-bond acceptors (Lipinski definition) is 4. The number of oxazole rings is 1. The molecule has 0 spiro atoms. The van der Waals surface area contributed by atoms with Crippen LogP contribution in [0.4, 0.5) is 0 Å². The van der Waals surface area contributed by atoms with E-state index in [0.29, 0.717) is 31.0 Å². The van der Waals surface area contributed by atoms with E-state index in [0.717, 1.165) is 22.3 Å². The lowest BCUT2D eigenvalue weighted by atomic mass is 9.93. The fraction of sp³-hybridized carbons (Fsp3) is 0.261. The number of aryl methyl sites for hydroxylation is 2. The quantitative estimate of drug-likeness (QED) is 0.719. The monoisotopic (exact) mass is 390 g/mol. The molecule has 0 saturated carbocycles. The van der Waals surface area contributed by atoms with Crippen molar-refractivity contribution >= 4 is 11.9 Å². The molecule has 148 valence electrons. The molecule has 0 unspecified atom stereocenters. The zero-order valence-corrected chi connectivity index (χ0v) is 16.2. The van der Waals surface area contributed by atoms with Crippen molar-refractivity contribution in [2.24, 2.45) is 0 Å². The van der Waals surface area contributed by atoms with E-state index < -0.39 is 12.0 Å². The summed E-state index contributed by atoms with van der Waals surface area (Å²) in [7, 11) is 0. The zero-order chi connectivity index (χ0) is 20.4. The molecule has 1 amide bonds. The van der Waals surface area contributed by atoms with Gasteiger partial charge >= 0.3 is 5.97 Å². The van der Waals surface area contributed by atoms with Gasteiger partial charge in [-0.25, -0.2) is 9.78 Å². The number of amides is 1. The lowest BCUT2D eigenvalue weighted by molar-refractivity contribution is -0.151. The molecule has 1 aromatic heterocycles. The van der Waals surface area contributed by atoms with Gasteiger partial charge in [-0.15, -0.1) is 0 Å². The maximum atomic E-state index is 12.8. The van der Waals surface area contributed by atoms with E-state index in [1.165, 1.54) is 4.90 Å². The first-order valence-electron chi connectivity index (χ1n) is 9.62. The van der Waals surface area contributed by atoms with E-state index in [-0.39, 0.29) is 12.3 Å². The van der Waals surface area contributed by atoms with Crippen LogP contribution in [0.25, 0.3) is 11.3 Å². The van der Waals surface area contributed by atoms with Gasteiger partial charge in [0.05, 0.1) is 6.20 Å². The average Bonchev–Trinajstić information content (AvgIpc) is 3.20. The molecule has 6 heteroatoms. The minimum atomic E-state index is -0.981. The van der Waals surface area contributed by atoms with Gasteiger partial charge in [-0.3, -0.25) is 4.79 Å². The molecule has 0 saturated heterocycles. The fourth-order valence-corrected chi connectivity index (χ4v) is 3.64. The van der Waals surface area contributed by atoms with Crippen LogP contribution in [-0.2, 0) is 29.0 Å². The molecule has 29 heavy (non-hydrogen) atoms. The van der Waals surface area contributed by atoms with Gasteiger partial charge in [0.2, 0.25) is 5.91 Å². The van der Waals surface area contributed by atoms with Crippen molar-refractivity contribution in [2.75, 3.05) is 0 Å². The summed E-state index contributed by atoms with van der Waals surface area (Å²) in [4.78, 5) is 30.2. The van der Waals surface area contributed by atoms with Crippen LogP contribution in [0.15, 0.2) is 59.1 Å². The van der Waals surface area contributed by atoms with Gasteiger partial charge in [0, 0.05) is 31.4 Å². The Morgan fingerprint density at radius 2 is 1.86 bits per heavy atom. The molecule has 0 aliphatic carbocycles. The molecule has 4 rings (SSSR count). The first-order chi connectivity index (χ1) is 14.0. The lowest BCUT2D eigenvalue weighted by Gasteiger charge is -2.34. The number of fused-ring (bicyclic) bond motifs is 1. The van der Waals surface area contributed by atoms with E-state index in [1.807, 2.05) is 55.5 Å². The Balaban J connectivity index is 1.44. The summed E-state index contributed by atoms with van der Waals surface area (Å²) in [6.07, 6.45) is 2.46. The summed E-state index contributed by atoms with van der Waals surface area (Å²) < 4.78 is 5.78. The van der Waals surface area contributed by atoms with E-state index in [4.69, 9.17) is 4.42 Å². The maximum Gasteiger partial charge on any atom is 0.326 e. The molecule has 2 aromatic carbocycles. The second-order valence-corrected chi connectivity index (χ2v) is 7.33. The molecular formula is C23H22N2O4. The molecule has 1 atom stereocenters. The van der Waals surface area contributed by atoms with Gasteiger partial charge in [0.25, 0.3) is 0 Å². The predicted octanol–water partition coefficient (Wildman–Crippen LogP) is 3.62. The minimum absolute atomic E-state index is 0.153. The van der Waals surface area contributed by atoms with Crippen LogP contribution in [0, 0.1) is 6.92 Å². The van der Waals surface area contributed by atoms with Gasteiger partial charge < -0.3 is 14.4 Å². The van der Waals surface area contributed by atoms with Gasteiger partial charge in [-0.2, -0.15) is 0 Å². The van der Waals surface area contributed by atoms with Crippen LogP contribution >= 0.6 is 0 Å². The van der Waals surface area contributed by atoms with Crippen LogP contribution in [0.3, 0.4) is 0 Å². The number of carbonyl (C=O) groups excluding carboxylic acids is 1. The van der Waals surface area contributed by atoms with Gasteiger partial charge in [-0.05, 0) is 18.1 Å². The first kappa shape index (κ1) is 18.9. The van der Waals surface area contributed by atoms with Crippen LogP contribution in [0.5, 0.6) is 0 Å². The van der Waals surface area contributed by atoms with Crippen LogP contribution in [0.1, 0.15) is 29.0 Å². The number of rotatable bonds is 5.